The van der Waals surface area contributed by atoms with Gasteiger partial charge in [0.2, 0.25) is 0 Å². The predicted molar refractivity (Wildman–Crippen MR) is 87.1 cm³/mol. The number of halogens is 5. The molecule has 0 saturated heterocycles. The van der Waals surface area contributed by atoms with Crippen LogP contribution in [0.15, 0.2) is 42.5 Å². The van der Waals surface area contributed by atoms with Crippen LogP contribution in [0.5, 0.6) is 11.5 Å². The molecule has 0 fully saturated rings. The molecule has 0 atom stereocenters. The lowest BCUT2D eigenvalue weighted by Gasteiger charge is -2.12. The summed E-state index contributed by atoms with van der Waals surface area (Å²) in [6.45, 7) is -2.86. The van der Waals surface area contributed by atoms with E-state index < -0.39 is 24.3 Å². The minimum Gasteiger partial charge on any atom is -0.493 e. The summed E-state index contributed by atoms with van der Waals surface area (Å²) in [5, 5.41) is 2.51. The fourth-order valence-electron chi connectivity index (χ4n) is 2.32. The van der Waals surface area contributed by atoms with Gasteiger partial charge in [0.15, 0.2) is 11.5 Å². The van der Waals surface area contributed by atoms with Crippen molar-refractivity contribution < 1.29 is 36.2 Å². The number of rotatable bonds is 7. The molecule has 2 rings (SSSR count). The molecule has 0 bridgehead atoms. The highest BCUT2D eigenvalue weighted by Gasteiger charge is 2.30. The first kappa shape index (κ1) is 20.5. The summed E-state index contributed by atoms with van der Waals surface area (Å²) >= 11 is 0. The van der Waals surface area contributed by atoms with Gasteiger partial charge in [0.05, 0.1) is 12.7 Å². The maximum Gasteiger partial charge on any atom is 0.416 e. The van der Waals surface area contributed by atoms with Crippen molar-refractivity contribution in [2.75, 3.05) is 13.7 Å². The van der Waals surface area contributed by atoms with Crippen molar-refractivity contribution in [2.24, 2.45) is 0 Å². The average molecular weight is 389 g/mol. The average Bonchev–Trinajstić information content (AvgIpc) is 2.61. The van der Waals surface area contributed by atoms with E-state index in [-0.39, 0.29) is 23.6 Å². The van der Waals surface area contributed by atoms with Crippen molar-refractivity contribution in [3.8, 4) is 11.5 Å². The molecule has 2 aromatic rings. The summed E-state index contributed by atoms with van der Waals surface area (Å²) in [6.07, 6.45) is -4.22. The molecule has 0 heterocycles. The lowest BCUT2D eigenvalue weighted by Crippen LogP contribution is -2.26. The standard InChI is InChI=1S/C18H16F5NO3/c1-26-15-9-11(5-6-14(15)27-17(19)20)7-8-24-16(25)12-3-2-4-13(10-12)18(21,22)23/h2-6,9-10,17H,7-8H2,1H3,(H,24,25). The number of nitrogens with one attached hydrogen (secondary N) is 1. The SMILES string of the molecule is COc1cc(CCNC(=O)c2cccc(C(F)(F)F)c2)ccc1OC(F)F. The second-order valence-electron chi connectivity index (χ2n) is 5.45. The van der Waals surface area contributed by atoms with Crippen LogP contribution in [0, 0.1) is 0 Å². The highest BCUT2D eigenvalue weighted by molar-refractivity contribution is 5.94. The van der Waals surface area contributed by atoms with E-state index in [1.54, 1.807) is 0 Å². The zero-order chi connectivity index (χ0) is 20.0. The molecule has 0 unspecified atom stereocenters. The Morgan fingerprint density at radius 1 is 1.11 bits per heavy atom. The van der Waals surface area contributed by atoms with Crippen molar-refractivity contribution >= 4 is 5.91 Å². The van der Waals surface area contributed by atoms with Crippen LogP contribution in [0.3, 0.4) is 0 Å². The quantitative estimate of drug-likeness (QED) is 0.719. The lowest BCUT2D eigenvalue weighted by atomic mass is 10.1. The molecule has 2 aromatic carbocycles. The van der Waals surface area contributed by atoms with Crippen LogP contribution in [0.2, 0.25) is 0 Å². The second-order valence-corrected chi connectivity index (χ2v) is 5.45. The zero-order valence-corrected chi connectivity index (χ0v) is 14.1. The minimum atomic E-state index is -4.53. The van der Waals surface area contributed by atoms with Crippen LogP contribution in [-0.2, 0) is 12.6 Å². The maximum atomic E-state index is 12.7. The Labute approximate surface area is 151 Å². The van der Waals surface area contributed by atoms with Gasteiger partial charge in [-0.2, -0.15) is 22.0 Å². The molecule has 0 aliphatic carbocycles. The summed E-state index contributed by atoms with van der Waals surface area (Å²) in [5.41, 5.74) is -0.351. The maximum absolute atomic E-state index is 12.7. The van der Waals surface area contributed by atoms with Crippen LogP contribution in [0.4, 0.5) is 22.0 Å². The fourth-order valence-corrected chi connectivity index (χ4v) is 2.32. The Morgan fingerprint density at radius 2 is 1.85 bits per heavy atom. The first-order chi connectivity index (χ1) is 12.7. The van der Waals surface area contributed by atoms with Crippen LogP contribution >= 0.6 is 0 Å². The number of hydrogen-bond donors (Lipinski definition) is 1. The number of carbonyl (C=O) groups is 1. The molecule has 0 radical (unpaired) electrons. The topological polar surface area (TPSA) is 47.6 Å². The second kappa shape index (κ2) is 8.70. The molecule has 0 saturated carbocycles. The Hall–Kier alpha value is -2.84. The van der Waals surface area contributed by atoms with Gasteiger partial charge in [0, 0.05) is 12.1 Å². The Kier molecular flexibility index (Phi) is 6.59. The summed E-state index contributed by atoms with van der Waals surface area (Å²) in [7, 11) is 1.30. The first-order valence-corrected chi connectivity index (χ1v) is 7.78. The molecule has 0 spiro atoms. The number of carbonyl (C=O) groups excluding carboxylic acids is 1. The fraction of sp³-hybridized carbons (Fsp3) is 0.278. The van der Waals surface area contributed by atoms with E-state index in [2.05, 4.69) is 10.1 Å². The largest absolute Gasteiger partial charge is 0.493 e. The number of hydrogen-bond acceptors (Lipinski definition) is 3. The van der Waals surface area contributed by atoms with E-state index in [9.17, 15) is 26.7 Å². The van der Waals surface area contributed by atoms with Crippen molar-refractivity contribution in [1.82, 2.24) is 5.32 Å². The summed E-state index contributed by atoms with van der Waals surface area (Å²) in [4.78, 5) is 12.0. The summed E-state index contributed by atoms with van der Waals surface area (Å²) < 4.78 is 71.9. The highest BCUT2D eigenvalue weighted by Crippen LogP contribution is 2.30. The number of benzene rings is 2. The summed E-state index contributed by atoms with van der Waals surface area (Å²) in [5.74, 6) is -0.660. The predicted octanol–water partition coefficient (Wildman–Crippen LogP) is 4.29. The van der Waals surface area contributed by atoms with Crippen molar-refractivity contribution in [3.63, 3.8) is 0 Å². The zero-order valence-electron chi connectivity index (χ0n) is 14.1. The molecular weight excluding hydrogens is 373 g/mol. The molecule has 9 heteroatoms. The minimum absolute atomic E-state index is 0.108. The van der Waals surface area contributed by atoms with Crippen molar-refractivity contribution in [1.29, 1.82) is 0 Å². The number of alkyl halides is 5. The Balaban J connectivity index is 1.97. The van der Waals surface area contributed by atoms with E-state index in [0.717, 1.165) is 18.2 Å². The van der Waals surface area contributed by atoms with Gasteiger partial charge in [-0.3, -0.25) is 4.79 Å². The molecule has 0 aliphatic rings. The molecule has 1 amide bonds. The molecule has 0 aliphatic heterocycles. The van der Waals surface area contributed by atoms with E-state index in [0.29, 0.717) is 12.0 Å². The smallest absolute Gasteiger partial charge is 0.416 e. The van der Waals surface area contributed by atoms with Gasteiger partial charge in [-0.25, -0.2) is 0 Å². The van der Waals surface area contributed by atoms with E-state index in [1.807, 2.05) is 0 Å². The van der Waals surface area contributed by atoms with Gasteiger partial charge >= 0.3 is 12.8 Å². The highest BCUT2D eigenvalue weighted by atomic mass is 19.4. The Morgan fingerprint density at radius 3 is 2.48 bits per heavy atom. The number of methoxy groups -OCH3 is 1. The molecule has 4 nitrogen and oxygen atoms in total. The van der Waals surface area contributed by atoms with Crippen LogP contribution < -0.4 is 14.8 Å². The van der Waals surface area contributed by atoms with Gasteiger partial charge in [0.25, 0.3) is 5.91 Å². The normalized spacial score (nSPS) is 11.4. The van der Waals surface area contributed by atoms with Gasteiger partial charge in [-0.05, 0) is 42.3 Å². The van der Waals surface area contributed by atoms with E-state index >= 15 is 0 Å². The van der Waals surface area contributed by atoms with Crippen LogP contribution in [0.25, 0.3) is 0 Å². The molecule has 0 aromatic heterocycles. The Bertz CT molecular complexity index is 793. The van der Waals surface area contributed by atoms with Gasteiger partial charge in [-0.1, -0.05) is 12.1 Å². The van der Waals surface area contributed by atoms with Crippen LogP contribution in [-0.4, -0.2) is 26.2 Å². The van der Waals surface area contributed by atoms with Gasteiger partial charge in [0.1, 0.15) is 0 Å². The van der Waals surface area contributed by atoms with Crippen LogP contribution in [0.1, 0.15) is 21.5 Å². The summed E-state index contributed by atoms with van der Waals surface area (Å²) in [6, 6.07) is 8.41. The van der Waals surface area contributed by atoms with Crippen molar-refractivity contribution in [3.05, 3.63) is 59.2 Å². The third-order valence-corrected chi connectivity index (χ3v) is 3.60. The lowest BCUT2D eigenvalue weighted by molar-refractivity contribution is -0.137. The molecule has 27 heavy (non-hydrogen) atoms. The molecule has 1 N–H and O–H groups in total. The number of amides is 1. The van der Waals surface area contributed by atoms with Gasteiger partial charge in [-0.15, -0.1) is 0 Å². The van der Waals surface area contributed by atoms with E-state index in [1.165, 1.54) is 31.4 Å². The third-order valence-electron chi connectivity index (χ3n) is 3.60. The molecular formula is C18H16F5NO3. The molecule has 146 valence electrons. The third kappa shape index (κ3) is 5.83. The monoisotopic (exact) mass is 389 g/mol. The van der Waals surface area contributed by atoms with E-state index in [4.69, 9.17) is 4.74 Å². The van der Waals surface area contributed by atoms with Gasteiger partial charge < -0.3 is 14.8 Å². The first-order valence-electron chi connectivity index (χ1n) is 7.78. The number of ether oxygens (including phenoxy) is 2. The van der Waals surface area contributed by atoms with Crippen molar-refractivity contribution in [2.45, 2.75) is 19.2 Å².